The van der Waals surface area contributed by atoms with Gasteiger partial charge in [-0.1, -0.05) is 0 Å². The molecule has 1 aromatic carbocycles. The van der Waals surface area contributed by atoms with E-state index in [0.717, 1.165) is 6.07 Å². The number of alkyl halides is 3. The van der Waals surface area contributed by atoms with Crippen molar-refractivity contribution in [3.63, 3.8) is 0 Å². The van der Waals surface area contributed by atoms with Crippen LogP contribution in [0, 0.1) is 17.1 Å². The second-order valence-electron chi connectivity index (χ2n) is 4.64. The molecule has 0 spiro atoms. The highest BCUT2D eigenvalue weighted by Crippen LogP contribution is 2.31. The number of amides is 1. The Morgan fingerprint density at radius 2 is 2.14 bits per heavy atom. The minimum Gasteiger partial charge on any atom is -0.491 e. The van der Waals surface area contributed by atoms with Gasteiger partial charge in [-0.05, 0) is 19.1 Å². The molecule has 1 aromatic rings. The van der Waals surface area contributed by atoms with E-state index in [1.54, 1.807) is 6.07 Å². The third-order valence-corrected chi connectivity index (χ3v) is 3.13. The van der Waals surface area contributed by atoms with Crippen LogP contribution in [-0.4, -0.2) is 29.6 Å². The molecule has 0 unspecified atom stereocenters. The lowest BCUT2D eigenvalue weighted by atomic mass is 10.1. The highest BCUT2D eigenvalue weighted by atomic mass is 19.4. The molecule has 2 rings (SSSR count). The van der Waals surface area contributed by atoms with Gasteiger partial charge in [0.2, 0.25) is 0 Å². The number of carbonyl (C=O) groups is 1. The molecule has 1 atom stereocenters. The summed E-state index contributed by atoms with van der Waals surface area (Å²) < 4.78 is 56.8. The van der Waals surface area contributed by atoms with E-state index in [0.29, 0.717) is 4.90 Å². The summed E-state index contributed by atoms with van der Waals surface area (Å²) in [5.41, 5.74) is -0.176. The van der Waals surface area contributed by atoms with Gasteiger partial charge in [0.15, 0.2) is 0 Å². The van der Waals surface area contributed by atoms with Crippen LogP contribution in [0.15, 0.2) is 12.1 Å². The Hall–Kier alpha value is -2.30. The predicted octanol–water partition coefficient (Wildman–Crippen LogP) is 2.37. The number of nitrogens with zero attached hydrogens (tertiary/aromatic N) is 2. The molecule has 0 aliphatic carbocycles. The minimum absolute atomic E-state index is 0.00509. The fraction of sp³-hybridized carbons (Fsp3) is 0.385. The summed E-state index contributed by atoms with van der Waals surface area (Å²) in [6.45, 7) is 0.591. The zero-order valence-corrected chi connectivity index (χ0v) is 10.9. The molecule has 1 amide bonds. The van der Waals surface area contributed by atoms with Crippen LogP contribution in [-0.2, 0) is 11.3 Å². The Labute approximate surface area is 117 Å². The molecule has 4 nitrogen and oxygen atoms in total. The molecule has 1 heterocycles. The number of hydrogen-bond donors (Lipinski definition) is 0. The maximum absolute atomic E-state index is 13.9. The van der Waals surface area contributed by atoms with E-state index in [-0.39, 0.29) is 23.5 Å². The molecule has 0 saturated carbocycles. The monoisotopic (exact) mass is 302 g/mol. The normalized spacial score (nSPS) is 18.3. The number of benzene rings is 1. The van der Waals surface area contributed by atoms with Crippen LogP contribution in [0.3, 0.4) is 0 Å². The van der Waals surface area contributed by atoms with Crippen LogP contribution in [0.4, 0.5) is 17.6 Å². The smallest absolute Gasteiger partial charge is 0.471 e. The molecule has 0 N–H and O–H groups in total. The maximum Gasteiger partial charge on any atom is 0.471 e. The number of halogens is 4. The van der Waals surface area contributed by atoms with Crippen molar-refractivity contribution >= 4 is 5.91 Å². The van der Waals surface area contributed by atoms with Gasteiger partial charge in [-0.25, -0.2) is 4.39 Å². The third-order valence-electron chi connectivity index (χ3n) is 3.13. The first-order chi connectivity index (χ1) is 9.74. The Bertz CT molecular complexity index is 622. The SMILES string of the molecule is C[C@H]1COc2cc(C#N)cc(F)c2CN1C(=O)C(F)(F)F. The van der Waals surface area contributed by atoms with Crippen LogP contribution in [0.5, 0.6) is 5.75 Å². The van der Waals surface area contributed by atoms with Crippen molar-refractivity contribution in [1.29, 1.82) is 5.26 Å². The van der Waals surface area contributed by atoms with Crippen LogP contribution in [0.2, 0.25) is 0 Å². The second kappa shape index (κ2) is 5.24. The standard InChI is InChI=1S/C13H10F4N2O2/c1-7-6-21-11-3-8(4-18)2-10(14)9(11)5-19(7)12(20)13(15,16)17/h2-3,7H,5-6H2,1H3/t7-/m0/s1. The number of hydrogen-bond acceptors (Lipinski definition) is 3. The van der Waals surface area contributed by atoms with E-state index in [1.807, 2.05) is 0 Å². The fourth-order valence-corrected chi connectivity index (χ4v) is 2.02. The molecule has 0 fully saturated rings. The molecule has 1 aliphatic rings. The number of ether oxygens (including phenoxy) is 1. The van der Waals surface area contributed by atoms with E-state index in [2.05, 4.69) is 0 Å². The lowest BCUT2D eigenvalue weighted by molar-refractivity contribution is -0.188. The van der Waals surface area contributed by atoms with Crippen molar-refractivity contribution in [3.05, 3.63) is 29.1 Å². The lowest BCUT2D eigenvalue weighted by Gasteiger charge is -2.27. The van der Waals surface area contributed by atoms with Crippen LogP contribution in [0.1, 0.15) is 18.1 Å². The largest absolute Gasteiger partial charge is 0.491 e. The number of fused-ring (bicyclic) bond motifs is 1. The average Bonchev–Trinajstić information content (AvgIpc) is 2.57. The Morgan fingerprint density at radius 1 is 1.48 bits per heavy atom. The van der Waals surface area contributed by atoms with Gasteiger partial charge in [0.05, 0.1) is 24.2 Å². The van der Waals surface area contributed by atoms with Gasteiger partial charge in [-0.15, -0.1) is 0 Å². The van der Waals surface area contributed by atoms with Gasteiger partial charge in [0.1, 0.15) is 18.2 Å². The Morgan fingerprint density at radius 3 is 2.71 bits per heavy atom. The molecule has 0 bridgehead atoms. The lowest BCUT2D eigenvalue weighted by Crippen LogP contribution is -2.46. The molecule has 112 valence electrons. The van der Waals surface area contributed by atoms with Crippen LogP contribution in [0.25, 0.3) is 0 Å². The zero-order chi connectivity index (χ0) is 15.8. The average molecular weight is 302 g/mol. The molecule has 0 radical (unpaired) electrons. The van der Waals surface area contributed by atoms with Gasteiger partial charge in [0.25, 0.3) is 0 Å². The summed E-state index contributed by atoms with van der Waals surface area (Å²) in [7, 11) is 0. The van der Waals surface area contributed by atoms with Gasteiger partial charge in [0, 0.05) is 5.56 Å². The first-order valence-corrected chi connectivity index (χ1v) is 5.97. The van der Waals surface area contributed by atoms with Gasteiger partial charge in [-0.3, -0.25) is 4.79 Å². The van der Waals surface area contributed by atoms with Crippen molar-refractivity contribution in [2.45, 2.75) is 25.7 Å². The van der Waals surface area contributed by atoms with Crippen molar-refractivity contribution in [3.8, 4) is 11.8 Å². The molecule has 0 saturated heterocycles. The first-order valence-electron chi connectivity index (χ1n) is 5.97. The quantitative estimate of drug-likeness (QED) is 0.691. The second-order valence-corrected chi connectivity index (χ2v) is 4.64. The summed E-state index contributed by atoms with van der Waals surface area (Å²) in [5, 5.41) is 8.75. The fourth-order valence-electron chi connectivity index (χ4n) is 2.02. The van der Waals surface area contributed by atoms with E-state index < -0.39 is 30.5 Å². The van der Waals surface area contributed by atoms with E-state index in [4.69, 9.17) is 10.00 Å². The number of nitriles is 1. The summed E-state index contributed by atoms with van der Waals surface area (Å²) in [5.74, 6) is -2.94. The summed E-state index contributed by atoms with van der Waals surface area (Å²) in [6.07, 6.45) is -5.04. The Kier molecular flexibility index (Phi) is 3.77. The van der Waals surface area contributed by atoms with Gasteiger partial charge >= 0.3 is 12.1 Å². The summed E-state index contributed by atoms with van der Waals surface area (Å²) in [4.78, 5) is 11.9. The van der Waals surface area contributed by atoms with Crippen LogP contribution < -0.4 is 4.74 Å². The predicted molar refractivity (Wildman–Crippen MR) is 62.7 cm³/mol. The van der Waals surface area contributed by atoms with Gasteiger partial charge < -0.3 is 9.64 Å². The molecular weight excluding hydrogens is 292 g/mol. The summed E-state index contributed by atoms with van der Waals surface area (Å²) >= 11 is 0. The topological polar surface area (TPSA) is 53.3 Å². The third kappa shape index (κ3) is 2.91. The maximum atomic E-state index is 13.9. The minimum atomic E-state index is -5.04. The van der Waals surface area contributed by atoms with Crippen molar-refractivity contribution < 1.29 is 27.1 Å². The first kappa shape index (κ1) is 15.1. The molecule has 8 heteroatoms. The van der Waals surface area contributed by atoms with Crippen molar-refractivity contribution in [2.75, 3.05) is 6.61 Å². The van der Waals surface area contributed by atoms with Crippen molar-refractivity contribution in [2.24, 2.45) is 0 Å². The summed E-state index contributed by atoms with van der Waals surface area (Å²) in [6, 6.07) is 2.99. The van der Waals surface area contributed by atoms with Crippen LogP contribution >= 0.6 is 0 Å². The Balaban J connectivity index is 2.43. The van der Waals surface area contributed by atoms with E-state index >= 15 is 0 Å². The van der Waals surface area contributed by atoms with E-state index in [9.17, 15) is 22.4 Å². The molecule has 0 aromatic heterocycles. The number of carbonyl (C=O) groups excluding carboxylic acids is 1. The van der Waals surface area contributed by atoms with Crippen molar-refractivity contribution in [1.82, 2.24) is 4.90 Å². The zero-order valence-electron chi connectivity index (χ0n) is 10.9. The molecule has 21 heavy (non-hydrogen) atoms. The number of rotatable bonds is 0. The highest BCUT2D eigenvalue weighted by molar-refractivity contribution is 5.82. The van der Waals surface area contributed by atoms with E-state index in [1.165, 1.54) is 13.0 Å². The molecule has 1 aliphatic heterocycles. The highest BCUT2D eigenvalue weighted by Gasteiger charge is 2.45. The van der Waals surface area contributed by atoms with Gasteiger partial charge in [-0.2, -0.15) is 18.4 Å². The molecular formula is C13H10F4N2O2.